The lowest BCUT2D eigenvalue weighted by Crippen LogP contribution is -2.16. The Hall–Kier alpha value is -4.57. The van der Waals surface area contributed by atoms with E-state index in [0.717, 1.165) is 11.6 Å². The predicted molar refractivity (Wildman–Crippen MR) is 142 cm³/mol. The van der Waals surface area contributed by atoms with E-state index in [4.69, 9.17) is 0 Å². The Bertz CT molecular complexity index is 1670. The van der Waals surface area contributed by atoms with Crippen molar-refractivity contribution in [3.8, 4) is 22.5 Å². The summed E-state index contributed by atoms with van der Waals surface area (Å²) in [5, 5.41) is 21.5. The lowest BCUT2D eigenvalue weighted by molar-refractivity contribution is -0.137. The molecule has 0 saturated carbocycles. The SMILES string of the molecule is C=C(Nc1c(-c2ccccc2)ccc2c(C(C)(C)O)n[nH]c12)c1cc(-c2ncccn2)c(C(F)(F)F)cc1F. The van der Waals surface area contributed by atoms with Gasteiger partial charge in [0.2, 0.25) is 0 Å². The Morgan fingerprint density at radius 2 is 1.64 bits per heavy atom. The summed E-state index contributed by atoms with van der Waals surface area (Å²) < 4.78 is 56.7. The molecule has 0 fully saturated rings. The highest BCUT2D eigenvalue weighted by atomic mass is 19.4. The van der Waals surface area contributed by atoms with Gasteiger partial charge in [-0.15, -0.1) is 0 Å². The first-order valence-electron chi connectivity index (χ1n) is 11.9. The number of alkyl halides is 3. The first-order chi connectivity index (χ1) is 18.4. The molecule has 0 saturated heterocycles. The van der Waals surface area contributed by atoms with Crippen molar-refractivity contribution in [2.24, 2.45) is 0 Å². The third-order valence-corrected chi connectivity index (χ3v) is 6.22. The number of benzene rings is 3. The maximum atomic E-state index is 15.2. The molecule has 10 heteroatoms. The van der Waals surface area contributed by atoms with Crippen molar-refractivity contribution in [2.45, 2.75) is 25.6 Å². The fraction of sp³-hybridized carbons (Fsp3) is 0.138. The Balaban J connectivity index is 1.67. The molecule has 0 radical (unpaired) electrons. The van der Waals surface area contributed by atoms with Crippen molar-refractivity contribution in [1.82, 2.24) is 20.2 Å². The molecular weight excluding hydrogens is 510 g/mol. The number of nitrogens with zero attached hydrogens (tertiary/aromatic N) is 3. The molecule has 3 aromatic carbocycles. The zero-order chi connectivity index (χ0) is 27.9. The van der Waals surface area contributed by atoms with Crippen molar-refractivity contribution in [3.05, 3.63) is 102 Å². The highest BCUT2D eigenvalue weighted by molar-refractivity contribution is 6.03. The number of hydrogen-bond acceptors (Lipinski definition) is 5. The molecule has 0 aliphatic rings. The van der Waals surface area contributed by atoms with Crippen LogP contribution in [-0.4, -0.2) is 25.3 Å². The third-order valence-electron chi connectivity index (χ3n) is 6.22. The van der Waals surface area contributed by atoms with Crippen LogP contribution in [0.25, 0.3) is 39.1 Å². The van der Waals surface area contributed by atoms with E-state index in [0.29, 0.717) is 33.9 Å². The maximum Gasteiger partial charge on any atom is 0.417 e. The minimum atomic E-state index is -4.84. The maximum absolute atomic E-state index is 15.2. The molecule has 39 heavy (non-hydrogen) atoms. The van der Waals surface area contributed by atoms with Crippen LogP contribution in [0.2, 0.25) is 0 Å². The van der Waals surface area contributed by atoms with Gasteiger partial charge in [-0.05, 0) is 37.6 Å². The molecule has 0 atom stereocenters. The van der Waals surface area contributed by atoms with E-state index in [9.17, 15) is 18.3 Å². The number of aromatic amines is 1. The van der Waals surface area contributed by atoms with Crippen molar-refractivity contribution in [2.75, 3.05) is 5.32 Å². The molecule has 0 amide bonds. The summed E-state index contributed by atoms with van der Waals surface area (Å²) in [6.07, 6.45) is -2.22. The lowest BCUT2D eigenvalue weighted by Gasteiger charge is -2.19. The van der Waals surface area contributed by atoms with E-state index in [1.807, 2.05) is 42.5 Å². The van der Waals surface area contributed by atoms with Crippen LogP contribution in [0.3, 0.4) is 0 Å². The molecule has 2 aromatic heterocycles. The Morgan fingerprint density at radius 1 is 0.949 bits per heavy atom. The molecule has 0 bridgehead atoms. The van der Waals surface area contributed by atoms with E-state index < -0.39 is 23.2 Å². The molecule has 2 heterocycles. The van der Waals surface area contributed by atoms with Gasteiger partial charge in [-0.25, -0.2) is 14.4 Å². The van der Waals surface area contributed by atoms with Crippen LogP contribution >= 0.6 is 0 Å². The van der Waals surface area contributed by atoms with E-state index in [2.05, 4.69) is 32.1 Å². The molecule has 0 unspecified atom stereocenters. The molecule has 5 aromatic rings. The Labute approximate surface area is 221 Å². The standard InChI is InChI=1S/C29H23F4N5O/c1-16(20-14-21(27-34-12-7-13-35-27)22(15-23(20)30)29(31,32)33)36-24-18(17-8-5-4-6-9-17)10-11-19-25(24)37-38-26(19)28(2,3)39/h4-15,36,39H,1H2,2-3H3,(H,37,38). The normalized spacial score (nSPS) is 12.1. The van der Waals surface area contributed by atoms with Gasteiger partial charge in [0.15, 0.2) is 5.82 Å². The number of H-pyrrole nitrogens is 1. The molecular formula is C29H23F4N5O. The first kappa shape index (κ1) is 26.1. The van der Waals surface area contributed by atoms with Crippen LogP contribution in [0.15, 0.2) is 79.6 Å². The van der Waals surface area contributed by atoms with Gasteiger partial charge in [0.25, 0.3) is 0 Å². The van der Waals surface area contributed by atoms with Gasteiger partial charge in [0.05, 0.1) is 16.8 Å². The quantitative estimate of drug-likeness (QED) is 0.202. The predicted octanol–water partition coefficient (Wildman–Crippen LogP) is 7.16. The number of anilines is 1. The highest BCUT2D eigenvalue weighted by Crippen LogP contribution is 2.41. The smallest absolute Gasteiger partial charge is 0.384 e. The minimum absolute atomic E-state index is 0.00231. The van der Waals surface area contributed by atoms with Crippen LogP contribution in [0, 0.1) is 5.82 Å². The molecule has 198 valence electrons. The molecule has 3 N–H and O–H groups in total. The second kappa shape index (κ2) is 9.63. The number of hydrogen-bond donors (Lipinski definition) is 3. The fourth-order valence-corrected chi connectivity index (χ4v) is 4.42. The van der Waals surface area contributed by atoms with Crippen molar-refractivity contribution in [3.63, 3.8) is 0 Å². The lowest BCUT2D eigenvalue weighted by atomic mass is 9.96. The largest absolute Gasteiger partial charge is 0.417 e. The third kappa shape index (κ3) is 4.98. The topological polar surface area (TPSA) is 86.7 Å². The first-order valence-corrected chi connectivity index (χ1v) is 11.9. The molecule has 6 nitrogen and oxygen atoms in total. The van der Waals surface area contributed by atoms with Gasteiger partial charge in [-0.2, -0.15) is 18.3 Å². The summed E-state index contributed by atoms with van der Waals surface area (Å²) in [5.74, 6) is -1.32. The van der Waals surface area contributed by atoms with E-state index >= 15 is 4.39 Å². The van der Waals surface area contributed by atoms with Crippen LogP contribution < -0.4 is 5.32 Å². The minimum Gasteiger partial charge on any atom is -0.384 e. The van der Waals surface area contributed by atoms with Gasteiger partial charge in [0, 0.05) is 40.2 Å². The van der Waals surface area contributed by atoms with Crippen LogP contribution in [-0.2, 0) is 11.8 Å². The second-order valence-corrected chi connectivity index (χ2v) is 9.46. The molecule has 0 spiro atoms. The zero-order valence-electron chi connectivity index (χ0n) is 20.9. The van der Waals surface area contributed by atoms with Crippen molar-refractivity contribution in [1.29, 1.82) is 0 Å². The summed E-state index contributed by atoms with van der Waals surface area (Å²) in [4.78, 5) is 7.87. The summed E-state index contributed by atoms with van der Waals surface area (Å²) in [5.41, 5.74) is -0.133. The fourth-order valence-electron chi connectivity index (χ4n) is 4.42. The number of fused-ring (bicyclic) bond motifs is 1. The van der Waals surface area contributed by atoms with Crippen LogP contribution in [0.5, 0.6) is 0 Å². The average Bonchev–Trinajstić information content (AvgIpc) is 3.35. The zero-order valence-corrected chi connectivity index (χ0v) is 20.9. The van der Waals surface area contributed by atoms with Crippen molar-refractivity contribution < 1.29 is 22.7 Å². The van der Waals surface area contributed by atoms with Gasteiger partial charge < -0.3 is 10.4 Å². The summed E-state index contributed by atoms with van der Waals surface area (Å²) in [6.45, 7) is 7.15. The van der Waals surface area contributed by atoms with E-state index in [-0.39, 0.29) is 22.6 Å². The number of nitrogens with one attached hydrogen (secondary N) is 2. The number of aromatic nitrogens is 4. The van der Waals surface area contributed by atoms with Crippen LogP contribution in [0.4, 0.5) is 23.2 Å². The Kier molecular flexibility index (Phi) is 6.43. The van der Waals surface area contributed by atoms with Gasteiger partial charge >= 0.3 is 6.18 Å². The van der Waals surface area contributed by atoms with Crippen LogP contribution in [0.1, 0.15) is 30.7 Å². The number of halogens is 4. The number of aliphatic hydroxyl groups is 1. The van der Waals surface area contributed by atoms with E-state index in [1.165, 1.54) is 18.5 Å². The molecule has 5 rings (SSSR count). The monoisotopic (exact) mass is 533 g/mol. The summed E-state index contributed by atoms with van der Waals surface area (Å²) >= 11 is 0. The molecule has 0 aliphatic heterocycles. The molecule has 0 aliphatic carbocycles. The van der Waals surface area contributed by atoms with E-state index in [1.54, 1.807) is 13.8 Å². The van der Waals surface area contributed by atoms with Gasteiger partial charge in [-0.1, -0.05) is 49.0 Å². The van der Waals surface area contributed by atoms with Gasteiger partial charge in [-0.3, -0.25) is 5.10 Å². The Morgan fingerprint density at radius 3 is 2.28 bits per heavy atom. The summed E-state index contributed by atoms with van der Waals surface area (Å²) in [7, 11) is 0. The van der Waals surface area contributed by atoms with Crippen molar-refractivity contribution >= 4 is 22.3 Å². The highest BCUT2D eigenvalue weighted by Gasteiger charge is 2.36. The van der Waals surface area contributed by atoms with Gasteiger partial charge in [0.1, 0.15) is 17.1 Å². The second-order valence-electron chi connectivity index (χ2n) is 9.46. The summed E-state index contributed by atoms with van der Waals surface area (Å²) in [6, 6.07) is 15.9. The number of rotatable bonds is 6. The average molecular weight is 534 g/mol.